The topological polar surface area (TPSA) is 0 Å². The van der Waals surface area contributed by atoms with Crippen LogP contribution in [0.3, 0.4) is 0 Å². The molecular weight excluding hydrogens is 96.1 g/mol. The van der Waals surface area contributed by atoms with Gasteiger partial charge in [0, 0.05) is 2.74 Å². The quantitative estimate of drug-likeness (QED) is 0.454. The minimum Gasteiger partial charge on any atom is -0.0533 e. The summed E-state index contributed by atoms with van der Waals surface area (Å²) < 4.78 is 15.1. The van der Waals surface area contributed by atoms with Crippen LogP contribution in [0.4, 0.5) is 0 Å². The van der Waals surface area contributed by atoms with Gasteiger partial charge >= 0.3 is 0 Å². The van der Waals surface area contributed by atoms with Crippen molar-refractivity contribution in [2.24, 2.45) is 0 Å². The van der Waals surface area contributed by atoms with Crippen molar-refractivity contribution in [2.75, 3.05) is 0 Å². The van der Waals surface area contributed by atoms with Gasteiger partial charge in [-0.15, -0.1) is 0 Å². The first-order chi connectivity index (χ1) is 4.80. The summed E-state index contributed by atoms with van der Waals surface area (Å²) in [6.45, 7) is 0. The van der Waals surface area contributed by atoms with Crippen LogP contribution in [0.15, 0.2) is 0 Å². The van der Waals surface area contributed by atoms with E-state index in [0.717, 1.165) is 12.8 Å². The molecule has 48 valence electrons. The fourth-order valence-corrected chi connectivity index (χ4v) is 1.11. The highest BCUT2D eigenvalue weighted by Crippen LogP contribution is 2.15. The summed E-state index contributed by atoms with van der Waals surface area (Å²) in [5.74, 6) is 0. The Hall–Kier alpha value is 0. The van der Waals surface area contributed by atoms with Crippen LogP contribution in [-0.2, 0) is 0 Å². The molecule has 2 unspecified atom stereocenters. The largest absolute Gasteiger partial charge is 0.0533 e. The molecule has 0 aromatic heterocycles. The average molecular weight is 114 g/mol. The van der Waals surface area contributed by atoms with Gasteiger partial charge in [0.15, 0.2) is 0 Å². The molecule has 2 atom stereocenters. The fourth-order valence-electron chi connectivity index (χ4n) is 1.11. The second-order valence-corrected chi connectivity index (χ2v) is 2.46. The molecule has 0 aliphatic heterocycles. The molecule has 1 aliphatic carbocycles. The van der Waals surface area contributed by atoms with Crippen LogP contribution in [-0.4, -0.2) is 0 Å². The maximum absolute atomic E-state index is 7.53. The average Bonchev–Trinajstić information content (AvgIpc) is 1.92. The lowest BCUT2D eigenvalue weighted by atomic mass is 10.0. The third kappa shape index (κ3) is 2.34. The number of hydrogen-bond acceptors (Lipinski definition) is 0. The normalized spacial score (nSPS) is 46.0. The Balaban J connectivity index is 2.28. The third-order valence-corrected chi connectivity index (χ3v) is 1.66. The van der Waals surface area contributed by atoms with Crippen LogP contribution in [0.1, 0.15) is 54.1 Å². The van der Waals surface area contributed by atoms with Gasteiger partial charge in [0.1, 0.15) is 0 Å². The van der Waals surface area contributed by atoms with Crippen molar-refractivity contribution < 1.29 is 2.74 Å². The molecule has 0 amide bonds. The van der Waals surface area contributed by atoms with Crippen LogP contribution in [0.2, 0.25) is 0 Å². The number of hydrogen-bond donors (Lipinski definition) is 0. The van der Waals surface area contributed by atoms with E-state index >= 15 is 0 Å². The van der Waals surface area contributed by atoms with E-state index in [-0.39, 0.29) is 12.8 Å². The monoisotopic (exact) mass is 114 g/mol. The van der Waals surface area contributed by atoms with Crippen LogP contribution < -0.4 is 0 Å². The van der Waals surface area contributed by atoms with E-state index in [0.29, 0.717) is 0 Å². The molecule has 0 aromatic rings. The summed E-state index contributed by atoms with van der Waals surface area (Å²) in [5.41, 5.74) is 0. The molecule has 0 saturated heterocycles. The summed E-state index contributed by atoms with van der Waals surface area (Å²) in [5, 5.41) is 0. The molecule has 1 saturated carbocycles. The molecule has 0 aromatic carbocycles. The van der Waals surface area contributed by atoms with Crippen molar-refractivity contribution in [1.82, 2.24) is 0 Å². The van der Waals surface area contributed by atoms with E-state index in [2.05, 4.69) is 0 Å². The Kier molecular flexibility index (Phi) is 1.93. The third-order valence-electron chi connectivity index (χ3n) is 1.66. The van der Waals surface area contributed by atoms with Crippen LogP contribution in [0.25, 0.3) is 0 Å². The van der Waals surface area contributed by atoms with Gasteiger partial charge in [0.05, 0.1) is 0 Å². The molecule has 1 aliphatic rings. The van der Waals surface area contributed by atoms with E-state index in [1.54, 1.807) is 0 Å². The maximum Gasteiger partial charge on any atom is 0.0267 e. The lowest BCUT2D eigenvalue weighted by Gasteiger charge is -2.05. The van der Waals surface area contributed by atoms with Gasteiger partial charge in [-0.2, -0.15) is 0 Å². The summed E-state index contributed by atoms with van der Waals surface area (Å²) in [7, 11) is 0. The molecule has 0 N–H and O–H groups in total. The molecule has 8 heavy (non-hydrogen) atoms. The summed E-state index contributed by atoms with van der Waals surface area (Å²) in [6, 6.07) is 0. The fraction of sp³-hybridized carbons (Fsp3) is 1.00. The first-order valence-corrected chi connectivity index (χ1v) is 3.65. The molecule has 0 bridgehead atoms. The van der Waals surface area contributed by atoms with Crippen molar-refractivity contribution in [3.05, 3.63) is 0 Å². The summed E-state index contributed by atoms with van der Waals surface area (Å²) in [6.07, 6.45) is 6.61. The molecular formula is C8H16. The highest BCUT2D eigenvalue weighted by molar-refractivity contribution is 4.51. The standard InChI is InChI=1S/C8H16/c1-2-4-6-8-7-5-3-1/h1-8H2/i1D,2D. The van der Waals surface area contributed by atoms with Crippen molar-refractivity contribution in [3.63, 3.8) is 0 Å². The Labute approximate surface area is 55.1 Å². The van der Waals surface area contributed by atoms with Gasteiger partial charge in [-0.1, -0.05) is 51.3 Å². The summed E-state index contributed by atoms with van der Waals surface area (Å²) >= 11 is 0. The van der Waals surface area contributed by atoms with Gasteiger partial charge in [-0.3, -0.25) is 0 Å². The molecule has 0 spiro atoms. The predicted octanol–water partition coefficient (Wildman–Crippen LogP) is 3.12. The zero-order valence-electron chi connectivity index (χ0n) is 7.40. The minimum absolute atomic E-state index is 0.0969. The van der Waals surface area contributed by atoms with E-state index in [1.807, 2.05) is 0 Å². The Morgan fingerprint density at radius 3 is 1.50 bits per heavy atom. The van der Waals surface area contributed by atoms with E-state index in [9.17, 15) is 0 Å². The lowest BCUT2D eigenvalue weighted by molar-refractivity contribution is 0.504. The highest BCUT2D eigenvalue weighted by atomic mass is 14.0. The second kappa shape index (κ2) is 3.94. The maximum atomic E-state index is 7.53. The van der Waals surface area contributed by atoms with E-state index in [1.165, 1.54) is 25.7 Å². The van der Waals surface area contributed by atoms with Gasteiger partial charge in [-0.25, -0.2) is 0 Å². The predicted molar refractivity (Wildman–Crippen MR) is 36.9 cm³/mol. The summed E-state index contributed by atoms with van der Waals surface area (Å²) in [4.78, 5) is 0. The molecule has 0 nitrogen and oxygen atoms in total. The van der Waals surface area contributed by atoms with Crippen molar-refractivity contribution >= 4 is 0 Å². The Morgan fingerprint density at radius 2 is 1.00 bits per heavy atom. The smallest absolute Gasteiger partial charge is 0.0267 e. The van der Waals surface area contributed by atoms with Crippen molar-refractivity contribution in [2.45, 2.75) is 51.3 Å². The second-order valence-electron chi connectivity index (χ2n) is 2.46. The van der Waals surface area contributed by atoms with Gasteiger partial charge in [0.25, 0.3) is 0 Å². The molecule has 0 radical (unpaired) electrons. The molecule has 0 heterocycles. The highest BCUT2D eigenvalue weighted by Gasteiger charge is 1.95. The Morgan fingerprint density at radius 1 is 0.625 bits per heavy atom. The molecule has 0 heteroatoms. The van der Waals surface area contributed by atoms with Crippen LogP contribution in [0.5, 0.6) is 0 Å². The molecule has 1 fully saturated rings. The zero-order valence-corrected chi connectivity index (χ0v) is 5.40. The van der Waals surface area contributed by atoms with E-state index < -0.39 is 0 Å². The molecule has 1 rings (SSSR count). The van der Waals surface area contributed by atoms with Gasteiger partial charge in [0.2, 0.25) is 0 Å². The first-order valence-electron chi connectivity index (χ1n) is 4.80. The minimum atomic E-state index is -0.0969. The van der Waals surface area contributed by atoms with Crippen LogP contribution >= 0.6 is 0 Å². The zero-order chi connectivity index (χ0) is 7.40. The van der Waals surface area contributed by atoms with E-state index in [4.69, 9.17) is 2.74 Å². The van der Waals surface area contributed by atoms with Crippen molar-refractivity contribution in [1.29, 1.82) is 0 Å². The SMILES string of the molecule is [2H]C1CCCCCCC1[2H]. The van der Waals surface area contributed by atoms with Gasteiger partial charge < -0.3 is 0 Å². The van der Waals surface area contributed by atoms with Gasteiger partial charge in [-0.05, 0) is 0 Å². The van der Waals surface area contributed by atoms with Crippen molar-refractivity contribution in [3.8, 4) is 0 Å². The Bertz CT molecular complexity index is 81.3. The number of rotatable bonds is 0. The lowest BCUT2D eigenvalue weighted by Crippen LogP contribution is -1.85. The van der Waals surface area contributed by atoms with Crippen LogP contribution in [0, 0.1) is 0 Å². The first kappa shape index (κ1) is 3.92.